The Hall–Kier alpha value is -1.55. The van der Waals surface area contributed by atoms with Gasteiger partial charge in [0, 0.05) is 0 Å². The summed E-state index contributed by atoms with van der Waals surface area (Å²) in [7, 11) is 0. The number of nitrogens with zero attached hydrogens (tertiary/aromatic N) is 1. The summed E-state index contributed by atoms with van der Waals surface area (Å²) in [6.45, 7) is 0.519. The highest BCUT2D eigenvalue weighted by Crippen LogP contribution is 2.21. The topological polar surface area (TPSA) is 62.1 Å². The molecule has 1 aliphatic rings. The molecule has 0 spiro atoms. The monoisotopic (exact) mass is 235 g/mol. The van der Waals surface area contributed by atoms with Crippen molar-refractivity contribution in [3.8, 4) is 5.75 Å². The van der Waals surface area contributed by atoms with Crippen molar-refractivity contribution in [3.63, 3.8) is 0 Å². The maximum absolute atomic E-state index is 9.32. The van der Waals surface area contributed by atoms with E-state index in [0.717, 1.165) is 37.0 Å². The van der Waals surface area contributed by atoms with E-state index in [4.69, 9.17) is 9.94 Å². The molecule has 2 rings (SSSR count). The first-order valence-corrected chi connectivity index (χ1v) is 5.87. The number of aromatic hydroxyl groups is 1. The fourth-order valence-electron chi connectivity index (χ4n) is 2.05. The number of phenolic OH excluding ortho intramolecular Hbond substituents is 1. The van der Waals surface area contributed by atoms with Gasteiger partial charge in [-0.3, -0.25) is 0 Å². The highest BCUT2D eigenvalue weighted by atomic mass is 16.5. The molecule has 1 aromatic rings. The molecule has 1 saturated carbocycles. The van der Waals surface area contributed by atoms with Crippen LogP contribution in [-0.2, 0) is 11.3 Å². The minimum Gasteiger partial charge on any atom is -0.508 e. The summed E-state index contributed by atoms with van der Waals surface area (Å²) >= 11 is 0. The summed E-state index contributed by atoms with van der Waals surface area (Å²) in [6, 6.07) is 7.10. The molecule has 17 heavy (non-hydrogen) atoms. The predicted octanol–water partition coefficient (Wildman–Crippen LogP) is 2.68. The second-order valence-electron chi connectivity index (χ2n) is 4.35. The van der Waals surface area contributed by atoms with Crippen LogP contribution in [0, 0.1) is 0 Å². The lowest BCUT2D eigenvalue weighted by molar-refractivity contribution is 0.0276. The number of hydrogen-bond acceptors (Lipinski definition) is 4. The highest BCUT2D eigenvalue weighted by molar-refractivity contribution is 5.84. The summed E-state index contributed by atoms with van der Waals surface area (Å²) < 4.78 is 5.77. The van der Waals surface area contributed by atoms with E-state index < -0.39 is 0 Å². The maximum Gasteiger partial charge on any atom is 0.115 e. The molecule has 1 aliphatic carbocycles. The largest absolute Gasteiger partial charge is 0.508 e. The van der Waals surface area contributed by atoms with Crippen LogP contribution in [0.5, 0.6) is 5.75 Å². The Bertz CT molecular complexity index is 393. The Kier molecular flexibility index (Phi) is 3.98. The molecule has 0 aliphatic heterocycles. The molecule has 1 fully saturated rings. The van der Waals surface area contributed by atoms with Crippen LogP contribution in [0.15, 0.2) is 29.4 Å². The fourth-order valence-corrected chi connectivity index (χ4v) is 2.05. The second-order valence-corrected chi connectivity index (χ2v) is 4.35. The van der Waals surface area contributed by atoms with Crippen LogP contribution in [0.3, 0.4) is 0 Å². The minimum absolute atomic E-state index is 0.225. The van der Waals surface area contributed by atoms with E-state index in [0.29, 0.717) is 6.61 Å². The molecule has 0 heterocycles. The third kappa shape index (κ3) is 3.46. The van der Waals surface area contributed by atoms with E-state index >= 15 is 0 Å². The summed E-state index contributed by atoms with van der Waals surface area (Å²) in [4.78, 5) is 0. The van der Waals surface area contributed by atoms with Gasteiger partial charge in [-0.25, -0.2) is 0 Å². The third-order valence-electron chi connectivity index (χ3n) is 3.05. The van der Waals surface area contributed by atoms with Gasteiger partial charge in [0.25, 0.3) is 0 Å². The van der Waals surface area contributed by atoms with Gasteiger partial charge in [0.05, 0.1) is 18.4 Å². The SMILES string of the molecule is ON=C1CCC(OCc2cccc(O)c2)CC1. The molecule has 0 saturated heterocycles. The molecule has 0 atom stereocenters. The highest BCUT2D eigenvalue weighted by Gasteiger charge is 2.18. The Morgan fingerprint density at radius 1 is 1.29 bits per heavy atom. The maximum atomic E-state index is 9.32. The zero-order valence-corrected chi connectivity index (χ0v) is 9.67. The lowest BCUT2D eigenvalue weighted by Crippen LogP contribution is -2.21. The van der Waals surface area contributed by atoms with Crippen molar-refractivity contribution in [2.75, 3.05) is 0 Å². The van der Waals surface area contributed by atoms with Gasteiger partial charge < -0.3 is 15.1 Å². The first-order valence-electron chi connectivity index (χ1n) is 5.87. The number of phenols is 1. The van der Waals surface area contributed by atoms with Crippen LogP contribution in [0.4, 0.5) is 0 Å². The lowest BCUT2D eigenvalue weighted by Gasteiger charge is -2.22. The smallest absolute Gasteiger partial charge is 0.115 e. The van der Waals surface area contributed by atoms with Gasteiger partial charge in [-0.15, -0.1) is 0 Å². The van der Waals surface area contributed by atoms with Gasteiger partial charge in [0.1, 0.15) is 5.75 Å². The summed E-state index contributed by atoms with van der Waals surface area (Å²) in [6.07, 6.45) is 3.64. The third-order valence-corrected chi connectivity index (χ3v) is 3.05. The zero-order valence-electron chi connectivity index (χ0n) is 9.67. The molecule has 0 unspecified atom stereocenters. The van der Waals surface area contributed by atoms with Gasteiger partial charge >= 0.3 is 0 Å². The number of benzene rings is 1. The molecule has 1 aromatic carbocycles. The lowest BCUT2D eigenvalue weighted by atomic mass is 9.96. The van der Waals surface area contributed by atoms with Crippen LogP contribution in [0.1, 0.15) is 31.2 Å². The van der Waals surface area contributed by atoms with Gasteiger partial charge in [0.2, 0.25) is 0 Å². The average molecular weight is 235 g/mol. The molecule has 0 aromatic heterocycles. The molecule has 0 radical (unpaired) electrons. The van der Waals surface area contributed by atoms with Crippen molar-refractivity contribution < 1.29 is 15.1 Å². The van der Waals surface area contributed by atoms with Crippen LogP contribution in [0.2, 0.25) is 0 Å². The Balaban J connectivity index is 1.79. The van der Waals surface area contributed by atoms with Crippen molar-refractivity contribution in [3.05, 3.63) is 29.8 Å². The number of hydrogen-bond donors (Lipinski definition) is 2. The first-order chi connectivity index (χ1) is 8.28. The van der Waals surface area contributed by atoms with Crippen LogP contribution in [0.25, 0.3) is 0 Å². The van der Waals surface area contributed by atoms with Crippen molar-refractivity contribution in [1.29, 1.82) is 0 Å². The van der Waals surface area contributed by atoms with Gasteiger partial charge in [-0.05, 0) is 43.4 Å². The van der Waals surface area contributed by atoms with Gasteiger partial charge in [0.15, 0.2) is 0 Å². The van der Waals surface area contributed by atoms with E-state index in [2.05, 4.69) is 5.16 Å². The zero-order chi connectivity index (χ0) is 12.1. The van der Waals surface area contributed by atoms with Gasteiger partial charge in [-0.2, -0.15) is 0 Å². The number of rotatable bonds is 3. The fraction of sp³-hybridized carbons (Fsp3) is 0.462. The number of ether oxygens (including phenoxy) is 1. The minimum atomic E-state index is 0.225. The van der Waals surface area contributed by atoms with Crippen molar-refractivity contribution >= 4 is 5.71 Å². The predicted molar refractivity (Wildman–Crippen MR) is 64.4 cm³/mol. The average Bonchev–Trinajstić information content (AvgIpc) is 2.37. The molecule has 0 bridgehead atoms. The standard InChI is InChI=1S/C13H17NO3/c15-12-3-1-2-10(8-12)9-17-13-6-4-11(14-16)5-7-13/h1-3,8,13,15-16H,4-7,9H2. The van der Waals surface area contributed by atoms with Crippen LogP contribution < -0.4 is 0 Å². The Labute approximate surface area is 101 Å². The molecular weight excluding hydrogens is 218 g/mol. The second kappa shape index (κ2) is 5.68. The summed E-state index contributed by atoms with van der Waals surface area (Å²) in [5, 5.41) is 21.2. The Morgan fingerprint density at radius 2 is 2.06 bits per heavy atom. The van der Waals surface area contributed by atoms with E-state index in [9.17, 15) is 5.11 Å². The Morgan fingerprint density at radius 3 is 2.71 bits per heavy atom. The molecule has 4 nitrogen and oxygen atoms in total. The van der Waals surface area contributed by atoms with Gasteiger partial charge in [-0.1, -0.05) is 17.3 Å². The summed E-state index contributed by atoms with van der Waals surface area (Å²) in [5.74, 6) is 0.268. The van der Waals surface area contributed by atoms with Crippen molar-refractivity contribution in [1.82, 2.24) is 0 Å². The quantitative estimate of drug-likeness (QED) is 0.625. The molecular formula is C13H17NO3. The van der Waals surface area contributed by atoms with Crippen molar-refractivity contribution in [2.24, 2.45) is 5.16 Å². The number of oxime groups is 1. The van der Waals surface area contributed by atoms with E-state index in [1.54, 1.807) is 12.1 Å². The molecule has 92 valence electrons. The van der Waals surface area contributed by atoms with E-state index in [-0.39, 0.29) is 11.9 Å². The van der Waals surface area contributed by atoms with E-state index in [1.165, 1.54) is 0 Å². The molecule has 0 amide bonds. The normalized spacial score (nSPS) is 20.2. The first kappa shape index (κ1) is 11.9. The van der Waals surface area contributed by atoms with Crippen LogP contribution in [-0.4, -0.2) is 22.1 Å². The molecule has 2 N–H and O–H groups in total. The van der Waals surface area contributed by atoms with E-state index in [1.807, 2.05) is 12.1 Å². The molecule has 4 heteroatoms. The van der Waals surface area contributed by atoms with Crippen molar-refractivity contribution in [2.45, 2.75) is 38.4 Å². The summed E-state index contributed by atoms with van der Waals surface area (Å²) in [5.41, 5.74) is 1.84. The van der Waals surface area contributed by atoms with Crippen LogP contribution >= 0.6 is 0 Å².